The van der Waals surface area contributed by atoms with Crippen LogP contribution in [0.2, 0.25) is 0 Å². The fourth-order valence-electron chi connectivity index (χ4n) is 1.95. The molecule has 0 aliphatic heterocycles. The van der Waals surface area contributed by atoms with E-state index in [4.69, 9.17) is 15.2 Å². The molecule has 0 bridgehead atoms. The molecule has 106 valence electrons. The Bertz CT molecular complexity index is 543. The molecule has 0 spiro atoms. The van der Waals surface area contributed by atoms with E-state index in [1.165, 1.54) is 0 Å². The van der Waals surface area contributed by atoms with Crippen molar-refractivity contribution >= 4 is 5.69 Å². The van der Waals surface area contributed by atoms with Crippen molar-refractivity contribution in [3.8, 4) is 11.6 Å². The maximum absolute atomic E-state index is 5.85. The van der Waals surface area contributed by atoms with E-state index in [9.17, 15) is 0 Å². The van der Waals surface area contributed by atoms with Crippen LogP contribution in [0.25, 0.3) is 0 Å². The lowest BCUT2D eigenvalue weighted by atomic mass is 10.1. The fourth-order valence-corrected chi connectivity index (χ4v) is 1.95. The summed E-state index contributed by atoms with van der Waals surface area (Å²) in [4.78, 5) is 4.20. The molecule has 1 unspecified atom stereocenters. The minimum Gasteiger partial charge on any atom is -0.495 e. The summed E-state index contributed by atoms with van der Waals surface area (Å²) in [6.45, 7) is 0.450. The number of hydrogen-bond acceptors (Lipinski definition) is 5. The highest BCUT2D eigenvalue weighted by molar-refractivity contribution is 5.57. The van der Waals surface area contributed by atoms with Crippen LogP contribution in [-0.2, 0) is 0 Å². The zero-order valence-electron chi connectivity index (χ0n) is 11.7. The van der Waals surface area contributed by atoms with Gasteiger partial charge < -0.3 is 20.5 Å². The Morgan fingerprint density at radius 3 is 2.55 bits per heavy atom. The van der Waals surface area contributed by atoms with Gasteiger partial charge in [-0.1, -0.05) is 18.2 Å². The van der Waals surface area contributed by atoms with Gasteiger partial charge in [0.15, 0.2) is 0 Å². The molecule has 0 saturated carbocycles. The van der Waals surface area contributed by atoms with Gasteiger partial charge in [0.05, 0.1) is 25.9 Å². The summed E-state index contributed by atoms with van der Waals surface area (Å²) in [7, 11) is 3.24. The lowest BCUT2D eigenvalue weighted by Gasteiger charge is -2.20. The molecule has 2 rings (SSSR count). The normalized spacial score (nSPS) is 11.8. The third-order valence-corrected chi connectivity index (χ3v) is 3.04. The molecule has 1 aromatic heterocycles. The van der Waals surface area contributed by atoms with Crippen molar-refractivity contribution in [2.45, 2.75) is 6.04 Å². The molecule has 5 heteroatoms. The fraction of sp³-hybridized carbons (Fsp3) is 0.267. The van der Waals surface area contributed by atoms with E-state index < -0.39 is 0 Å². The first-order valence-corrected chi connectivity index (χ1v) is 6.38. The van der Waals surface area contributed by atoms with Crippen LogP contribution < -0.4 is 20.5 Å². The van der Waals surface area contributed by atoms with Gasteiger partial charge in [0, 0.05) is 18.8 Å². The van der Waals surface area contributed by atoms with Crippen molar-refractivity contribution in [2.75, 3.05) is 26.1 Å². The lowest BCUT2D eigenvalue weighted by Crippen LogP contribution is -2.21. The van der Waals surface area contributed by atoms with Gasteiger partial charge in [0.1, 0.15) is 5.75 Å². The van der Waals surface area contributed by atoms with E-state index in [1.54, 1.807) is 20.4 Å². The Labute approximate surface area is 118 Å². The molecule has 0 radical (unpaired) electrons. The second kappa shape index (κ2) is 6.77. The Morgan fingerprint density at radius 2 is 1.95 bits per heavy atom. The van der Waals surface area contributed by atoms with Crippen LogP contribution in [0, 0.1) is 0 Å². The van der Waals surface area contributed by atoms with Gasteiger partial charge >= 0.3 is 0 Å². The number of anilines is 1. The van der Waals surface area contributed by atoms with Crippen molar-refractivity contribution in [1.29, 1.82) is 0 Å². The Morgan fingerprint density at radius 1 is 1.15 bits per heavy atom. The van der Waals surface area contributed by atoms with Crippen molar-refractivity contribution in [3.63, 3.8) is 0 Å². The van der Waals surface area contributed by atoms with Crippen molar-refractivity contribution < 1.29 is 9.47 Å². The molecule has 1 atom stereocenters. The molecular weight excluding hydrogens is 254 g/mol. The summed E-state index contributed by atoms with van der Waals surface area (Å²) in [5.41, 5.74) is 7.76. The molecule has 3 N–H and O–H groups in total. The number of ether oxygens (including phenoxy) is 2. The number of pyridine rings is 1. The number of para-hydroxylation sites is 2. The van der Waals surface area contributed by atoms with Gasteiger partial charge in [-0.05, 0) is 17.7 Å². The van der Waals surface area contributed by atoms with Gasteiger partial charge in [-0.15, -0.1) is 0 Å². The molecular formula is C15H19N3O2. The van der Waals surface area contributed by atoms with Crippen LogP contribution in [0.1, 0.15) is 11.6 Å². The smallest absolute Gasteiger partial charge is 0.212 e. The van der Waals surface area contributed by atoms with Crippen molar-refractivity contribution in [3.05, 3.63) is 48.2 Å². The third kappa shape index (κ3) is 3.19. The molecule has 2 aromatic rings. The summed E-state index contributed by atoms with van der Waals surface area (Å²) >= 11 is 0. The highest BCUT2D eigenvalue weighted by Gasteiger charge is 2.12. The summed E-state index contributed by atoms with van der Waals surface area (Å²) in [6, 6.07) is 11.5. The van der Waals surface area contributed by atoms with Crippen molar-refractivity contribution in [2.24, 2.45) is 5.73 Å². The molecule has 0 amide bonds. The summed E-state index contributed by atoms with van der Waals surface area (Å²) in [6.07, 6.45) is 1.76. The SMILES string of the molecule is COc1ccc(C(CN)Nc2ccccc2OC)cn1. The van der Waals surface area contributed by atoms with Gasteiger partial charge in [0.25, 0.3) is 0 Å². The van der Waals surface area contributed by atoms with Gasteiger partial charge in [0.2, 0.25) is 5.88 Å². The quantitative estimate of drug-likeness (QED) is 0.844. The summed E-state index contributed by atoms with van der Waals surface area (Å²) < 4.78 is 10.4. The number of nitrogens with two attached hydrogens (primary N) is 1. The average molecular weight is 273 g/mol. The topological polar surface area (TPSA) is 69.4 Å². The van der Waals surface area contributed by atoms with E-state index >= 15 is 0 Å². The molecule has 0 saturated heterocycles. The van der Waals surface area contributed by atoms with E-state index in [2.05, 4.69) is 10.3 Å². The predicted molar refractivity (Wildman–Crippen MR) is 79.2 cm³/mol. The van der Waals surface area contributed by atoms with E-state index in [1.807, 2.05) is 36.4 Å². The maximum atomic E-state index is 5.85. The standard InChI is InChI=1S/C15H19N3O2/c1-19-14-6-4-3-5-12(14)18-13(9-16)11-7-8-15(20-2)17-10-11/h3-8,10,13,18H,9,16H2,1-2H3. The molecule has 0 fully saturated rings. The zero-order chi connectivity index (χ0) is 14.4. The van der Waals surface area contributed by atoms with Crippen LogP contribution in [-0.4, -0.2) is 25.7 Å². The van der Waals surface area contributed by atoms with Crippen LogP contribution in [0.4, 0.5) is 5.69 Å². The maximum Gasteiger partial charge on any atom is 0.212 e. The lowest BCUT2D eigenvalue weighted by molar-refractivity contribution is 0.397. The minimum atomic E-state index is -0.0373. The molecule has 1 aromatic carbocycles. The van der Waals surface area contributed by atoms with E-state index in [0.29, 0.717) is 12.4 Å². The van der Waals surface area contributed by atoms with Crippen LogP contribution in [0.15, 0.2) is 42.6 Å². The molecule has 20 heavy (non-hydrogen) atoms. The summed E-state index contributed by atoms with van der Waals surface area (Å²) in [5.74, 6) is 1.37. The number of aromatic nitrogens is 1. The molecule has 5 nitrogen and oxygen atoms in total. The summed E-state index contributed by atoms with van der Waals surface area (Å²) in [5, 5.41) is 3.37. The Kier molecular flexibility index (Phi) is 4.79. The molecule has 0 aliphatic rings. The van der Waals surface area contributed by atoms with Crippen LogP contribution >= 0.6 is 0 Å². The van der Waals surface area contributed by atoms with Crippen LogP contribution in [0.5, 0.6) is 11.6 Å². The second-order valence-corrected chi connectivity index (χ2v) is 4.27. The monoisotopic (exact) mass is 273 g/mol. The average Bonchev–Trinajstić information content (AvgIpc) is 2.53. The van der Waals surface area contributed by atoms with Gasteiger partial charge in [-0.2, -0.15) is 0 Å². The predicted octanol–water partition coefficient (Wildman–Crippen LogP) is 2.21. The van der Waals surface area contributed by atoms with E-state index in [0.717, 1.165) is 17.0 Å². The van der Waals surface area contributed by atoms with Crippen molar-refractivity contribution in [1.82, 2.24) is 4.98 Å². The largest absolute Gasteiger partial charge is 0.495 e. The zero-order valence-corrected chi connectivity index (χ0v) is 11.7. The molecule has 0 aliphatic carbocycles. The number of hydrogen-bond donors (Lipinski definition) is 2. The minimum absolute atomic E-state index is 0.0373. The molecule has 1 heterocycles. The Hall–Kier alpha value is -2.27. The first kappa shape index (κ1) is 14.1. The van der Waals surface area contributed by atoms with Gasteiger partial charge in [-0.3, -0.25) is 0 Å². The van der Waals surface area contributed by atoms with E-state index in [-0.39, 0.29) is 6.04 Å². The highest BCUT2D eigenvalue weighted by atomic mass is 16.5. The van der Waals surface area contributed by atoms with Crippen LogP contribution in [0.3, 0.4) is 0 Å². The number of benzene rings is 1. The van der Waals surface area contributed by atoms with Gasteiger partial charge in [-0.25, -0.2) is 4.98 Å². The highest BCUT2D eigenvalue weighted by Crippen LogP contribution is 2.27. The number of nitrogens with one attached hydrogen (secondary N) is 1. The number of rotatable bonds is 6. The Balaban J connectivity index is 2.19. The first-order valence-electron chi connectivity index (χ1n) is 6.38. The number of methoxy groups -OCH3 is 2. The first-order chi connectivity index (χ1) is 9.78. The second-order valence-electron chi connectivity index (χ2n) is 4.27. The number of nitrogens with zero attached hydrogens (tertiary/aromatic N) is 1. The third-order valence-electron chi connectivity index (χ3n) is 3.04.